The van der Waals surface area contributed by atoms with Crippen LogP contribution in [0, 0.1) is 11.3 Å². The van der Waals surface area contributed by atoms with E-state index in [1.54, 1.807) is 12.1 Å². The molecule has 0 unspecified atom stereocenters. The summed E-state index contributed by atoms with van der Waals surface area (Å²) in [6.07, 6.45) is -4.33. The topological polar surface area (TPSA) is 57.9 Å². The highest BCUT2D eigenvalue weighted by Gasteiger charge is 2.27. The van der Waals surface area contributed by atoms with Crippen LogP contribution in [0.15, 0.2) is 30.3 Å². The minimum atomic E-state index is -4.33. The molecule has 1 aromatic heterocycles. The number of aromatic nitrogens is 1. The summed E-state index contributed by atoms with van der Waals surface area (Å²) in [6, 6.07) is 11.0. The Morgan fingerprint density at radius 2 is 2.05 bits per heavy atom. The van der Waals surface area contributed by atoms with E-state index in [1.807, 2.05) is 24.3 Å². The Morgan fingerprint density at radius 3 is 2.76 bits per heavy atom. The molecule has 4 nitrogen and oxygen atoms in total. The first kappa shape index (κ1) is 15.1. The van der Waals surface area contributed by atoms with Crippen molar-refractivity contribution < 1.29 is 17.9 Å². The molecule has 0 bridgehead atoms. The molecule has 0 fully saturated rings. The van der Waals surface area contributed by atoms with Crippen LogP contribution in [0.4, 0.5) is 19.0 Å². The average molecular weight is 295 g/mol. The molecule has 2 rings (SSSR count). The Bertz CT molecular complexity index is 665. The van der Waals surface area contributed by atoms with Crippen molar-refractivity contribution in [2.24, 2.45) is 0 Å². The zero-order valence-corrected chi connectivity index (χ0v) is 10.9. The summed E-state index contributed by atoms with van der Waals surface area (Å²) in [7, 11) is 0. The van der Waals surface area contributed by atoms with Gasteiger partial charge in [0.2, 0.25) is 0 Å². The molecule has 110 valence electrons. The molecule has 21 heavy (non-hydrogen) atoms. The van der Waals surface area contributed by atoms with Crippen LogP contribution in [0.5, 0.6) is 0 Å². The molecule has 0 aliphatic rings. The smallest absolute Gasteiger partial charge is 0.370 e. The predicted molar refractivity (Wildman–Crippen MR) is 71.8 cm³/mol. The van der Waals surface area contributed by atoms with Gasteiger partial charge in [0.15, 0.2) is 0 Å². The molecule has 0 aliphatic heterocycles. The fourth-order valence-corrected chi connectivity index (χ4v) is 1.77. The van der Waals surface area contributed by atoms with Gasteiger partial charge < -0.3 is 10.1 Å². The van der Waals surface area contributed by atoms with Crippen LogP contribution in [0.2, 0.25) is 0 Å². The lowest BCUT2D eigenvalue weighted by Gasteiger charge is -2.10. The van der Waals surface area contributed by atoms with Gasteiger partial charge in [0.1, 0.15) is 18.5 Å². The minimum Gasteiger partial charge on any atom is -0.370 e. The summed E-state index contributed by atoms with van der Waals surface area (Å²) in [6.45, 7) is -1.28. The third-order valence-electron chi connectivity index (χ3n) is 2.65. The SMILES string of the molecule is N#Cc1cc2ccccc2nc1NCCOCC(F)(F)F. The Kier molecular flexibility index (Phi) is 4.60. The van der Waals surface area contributed by atoms with Gasteiger partial charge in [0.25, 0.3) is 0 Å². The van der Waals surface area contributed by atoms with Gasteiger partial charge in [-0.3, -0.25) is 0 Å². The number of alkyl halides is 3. The van der Waals surface area contributed by atoms with Crippen molar-refractivity contribution in [3.05, 3.63) is 35.9 Å². The highest BCUT2D eigenvalue weighted by Crippen LogP contribution is 2.19. The number of hydrogen-bond acceptors (Lipinski definition) is 4. The van der Waals surface area contributed by atoms with Gasteiger partial charge in [-0.15, -0.1) is 0 Å². The highest BCUT2D eigenvalue weighted by molar-refractivity contribution is 5.82. The van der Waals surface area contributed by atoms with E-state index in [4.69, 9.17) is 5.26 Å². The van der Waals surface area contributed by atoms with E-state index < -0.39 is 12.8 Å². The molecule has 0 saturated carbocycles. The van der Waals surface area contributed by atoms with E-state index >= 15 is 0 Å². The van der Waals surface area contributed by atoms with Crippen LogP contribution in [0.3, 0.4) is 0 Å². The Morgan fingerprint density at radius 1 is 1.29 bits per heavy atom. The molecule has 2 aromatic rings. The number of anilines is 1. The van der Waals surface area contributed by atoms with E-state index in [2.05, 4.69) is 15.0 Å². The van der Waals surface area contributed by atoms with Crippen molar-refractivity contribution in [2.45, 2.75) is 6.18 Å². The van der Waals surface area contributed by atoms with Crippen LogP contribution in [-0.2, 0) is 4.74 Å². The number of fused-ring (bicyclic) bond motifs is 1. The fourth-order valence-electron chi connectivity index (χ4n) is 1.77. The molecule has 0 aliphatic carbocycles. The minimum absolute atomic E-state index is 0.126. The molecule has 0 amide bonds. The van der Waals surface area contributed by atoms with Crippen LogP contribution >= 0.6 is 0 Å². The molecule has 7 heteroatoms. The number of para-hydroxylation sites is 1. The summed E-state index contributed by atoms with van der Waals surface area (Å²) in [5, 5.41) is 12.7. The number of benzene rings is 1. The molecule has 1 aromatic carbocycles. The lowest BCUT2D eigenvalue weighted by atomic mass is 10.1. The molecule has 1 heterocycles. The largest absolute Gasteiger partial charge is 0.411 e. The molecule has 0 spiro atoms. The van der Waals surface area contributed by atoms with Gasteiger partial charge in [-0.25, -0.2) is 4.98 Å². The normalized spacial score (nSPS) is 11.3. The standard InChI is InChI=1S/C14H12F3N3O/c15-14(16,17)9-21-6-5-19-13-11(8-18)7-10-3-1-2-4-12(10)20-13/h1-4,7H,5-6,9H2,(H,19,20). The maximum atomic E-state index is 11.9. The fraction of sp³-hybridized carbons (Fsp3) is 0.286. The first-order chi connectivity index (χ1) is 9.99. The molecule has 0 radical (unpaired) electrons. The number of nitriles is 1. The van der Waals surface area contributed by atoms with E-state index in [0.29, 0.717) is 16.9 Å². The Hall–Kier alpha value is -2.33. The van der Waals surface area contributed by atoms with Crippen molar-refractivity contribution >= 4 is 16.7 Å². The van der Waals surface area contributed by atoms with E-state index in [1.165, 1.54) is 0 Å². The summed E-state index contributed by atoms with van der Waals surface area (Å²) in [5.41, 5.74) is 1.04. The van der Waals surface area contributed by atoms with Gasteiger partial charge in [0.05, 0.1) is 17.7 Å². The first-order valence-electron chi connectivity index (χ1n) is 6.18. The first-order valence-corrected chi connectivity index (χ1v) is 6.18. The molecular formula is C14H12F3N3O. The van der Waals surface area contributed by atoms with Crippen LogP contribution < -0.4 is 5.32 Å². The van der Waals surface area contributed by atoms with Crippen LogP contribution in [-0.4, -0.2) is 30.9 Å². The molecule has 0 saturated heterocycles. The zero-order chi connectivity index (χ0) is 15.3. The summed E-state index contributed by atoms with van der Waals surface area (Å²) in [5.74, 6) is 0.340. The lowest BCUT2D eigenvalue weighted by molar-refractivity contribution is -0.172. The van der Waals surface area contributed by atoms with Gasteiger partial charge in [-0.2, -0.15) is 18.4 Å². The third-order valence-corrected chi connectivity index (χ3v) is 2.65. The summed E-state index contributed by atoms with van der Waals surface area (Å²) in [4.78, 5) is 4.28. The van der Waals surface area contributed by atoms with Crippen molar-refractivity contribution in [3.8, 4) is 6.07 Å². The molecule has 0 atom stereocenters. The van der Waals surface area contributed by atoms with E-state index in [9.17, 15) is 13.2 Å². The summed E-state index contributed by atoms with van der Waals surface area (Å²) < 4.78 is 40.2. The second-order valence-electron chi connectivity index (χ2n) is 4.28. The second-order valence-corrected chi connectivity index (χ2v) is 4.28. The van der Waals surface area contributed by atoms with Crippen molar-refractivity contribution in [3.63, 3.8) is 0 Å². The number of hydrogen-bond donors (Lipinski definition) is 1. The maximum Gasteiger partial charge on any atom is 0.411 e. The monoisotopic (exact) mass is 295 g/mol. The number of nitrogens with zero attached hydrogens (tertiary/aromatic N) is 2. The average Bonchev–Trinajstić information content (AvgIpc) is 2.44. The lowest BCUT2D eigenvalue weighted by Crippen LogP contribution is -2.20. The summed E-state index contributed by atoms with van der Waals surface area (Å²) >= 11 is 0. The van der Waals surface area contributed by atoms with Gasteiger partial charge >= 0.3 is 6.18 Å². The predicted octanol–water partition coefficient (Wildman–Crippen LogP) is 3.10. The number of rotatable bonds is 5. The van der Waals surface area contributed by atoms with E-state index in [-0.39, 0.29) is 13.2 Å². The number of nitrogens with one attached hydrogen (secondary N) is 1. The Labute approximate surface area is 119 Å². The van der Waals surface area contributed by atoms with Crippen molar-refractivity contribution in [2.75, 3.05) is 25.1 Å². The van der Waals surface area contributed by atoms with Crippen molar-refractivity contribution in [1.29, 1.82) is 5.26 Å². The quantitative estimate of drug-likeness (QED) is 0.861. The van der Waals surface area contributed by atoms with Crippen LogP contribution in [0.25, 0.3) is 10.9 Å². The second kappa shape index (κ2) is 6.41. The molecule has 1 N–H and O–H groups in total. The van der Waals surface area contributed by atoms with Gasteiger partial charge in [-0.05, 0) is 12.1 Å². The number of pyridine rings is 1. The van der Waals surface area contributed by atoms with Crippen molar-refractivity contribution in [1.82, 2.24) is 4.98 Å². The van der Waals surface area contributed by atoms with Gasteiger partial charge in [-0.1, -0.05) is 18.2 Å². The Balaban J connectivity index is 2.00. The third kappa shape index (κ3) is 4.33. The zero-order valence-electron chi connectivity index (χ0n) is 10.9. The number of ether oxygens (including phenoxy) is 1. The van der Waals surface area contributed by atoms with Gasteiger partial charge in [0, 0.05) is 11.9 Å². The maximum absolute atomic E-state index is 11.9. The number of halogens is 3. The van der Waals surface area contributed by atoms with E-state index in [0.717, 1.165) is 5.39 Å². The molecular weight excluding hydrogens is 283 g/mol. The highest BCUT2D eigenvalue weighted by atomic mass is 19.4. The van der Waals surface area contributed by atoms with Crippen LogP contribution in [0.1, 0.15) is 5.56 Å².